The second kappa shape index (κ2) is 7.49. The van der Waals surface area contributed by atoms with E-state index < -0.39 is 0 Å². The standard InChI is InChI=1S/C17H22N2O2S/c1-11(2)15-7-5-14(6-8-15)10-22-13(4)17(20)18-16-9-12(3)21-19-16/h5-9,11,13H,10H2,1-4H3,(H,18,19,20). The first kappa shape index (κ1) is 16.6. The Morgan fingerprint density at radius 1 is 1.27 bits per heavy atom. The molecular weight excluding hydrogens is 296 g/mol. The fraction of sp³-hybridized carbons (Fsp3) is 0.412. The van der Waals surface area contributed by atoms with Gasteiger partial charge in [-0.25, -0.2) is 0 Å². The van der Waals surface area contributed by atoms with Crippen molar-refractivity contribution in [3.8, 4) is 0 Å². The number of thioether (sulfide) groups is 1. The first-order chi connectivity index (χ1) is 10.5. The highest BCUT2D eigenvalue weighted by Gasteiger charge is 2.15. The summed E-state index contributed by atoms with van der Waals surface area (Å²) in [4.78, 5) is 12.1. The molecule has 0 aliphatic heterocycles. The maximum absolute atomic E-state index is 12.1. The molecule has 0 aliphatic carbocycles. The van der Waals surface area contributed by atoms with Gasteiger partial charge in [-0.05, 0) is 30.9 Å². The van der Waals surface area contributed by atoms with Crippen LogP contribution in [0.15, 0.2) is 34.9 Å². The van der Waals surface area contributed by atoms with Crippen molar-refractivity contribution in [2.45, 2.75) is 44.6 Å². The van der Waals surface area contributed by atoms with Crippen LogP contribution < -0.4 is 5.32 Å². The van der Waals surface area contributed by atoms with E-state index in [1.807, 2.05) is 6.92 Å². The molecule has 1 atom stereocenters. The van der Waals surface area contributed by atoms with Crippen LogP contribution in [0.25, 0.3) is 0 Å². The van der Waals surface area contributed by atoms with Gasteiger partial charge in [0.15, 0.2) is 5.82 Å². The molecule has 1 unspecified atom stereocenters. The summed E-state index contributed by atoms with van der Waals surface area (Å²) in [5.74, 6) is 2.44. The monoisotopic (exact) mass is 318 g/mol. The van der Waals surface area contributed by atoms with Crippen molar-refractivity contribution in [2.24, 2.45) is 0 Å². The smallest absolute Gasteiger partial charge is 0.238 e. The molecule has 0 radical (unpaired) electrons. The minimum Gasteiger partial charge on any atom is -0.360 e. The zero-order valence-corrected chi connectivity index (χ0v) is 14.2. The lowest BCUT2D eigenvalue weighted by Gasteiger charge is -2.11. The van der Waals surface area contributed by atoms with E-state index in [1.165, 1.54) is 11.1 Å². The number of carbonyl (C=O) groups is 1. The van der Waals surface area contributed by atoms with Crippen LogP contribution in [-0.4, -0.2) is 16.3 Å². The van der Waals surface area contributed by atoms with Crippen LogP contribution in [0.1, 0.15) is 43.6 Å². The highest BCUT2D eigenvalue weighted by molar-refractivity contribution is 7.99. The van der Waals surface area contributed by atoms with E-state index in [2.05, 4.69) is 48.6 Å². The Morgan fingerprint density at radius 2 is 1.95 bits per heavy atom. The first-order valence-corrected chi connectivity index (χ1v) is 8.45. The van der Waals surface area contributed by atoms with E-state index in [-0.39, 0.29) is 11.2 Å². The number of aryl methyl sites for hydroxylation is 1. The van der Waals surface area contributed by atoms with E-state index in [1.54, 1.807) is 24.8 Å². The van der Waals surface area contributed by atoms with Crippen molar-refractivity contribution in [1.29, 1.82) is 0 Å². The molecule has 0 aliphatic rings. The van der Waals surface area contributed by atoms with Gasteiger partial charge in [-0.3, -0.25) is 4.79 Å². The van der Waals surface area contributed by atoms with Crippen molar-refractivity contribution in [3.63, 3.8) is 0 Å². The molecule has 0 fully saturated rings. The van der Waals surface area contributed by atoms with Gasteiger partial charge in [-0.15, -0.1) is 11.8 Å². The zero-order valence-electron chi connectivity index (χ0n) is 13.4. The number of carbonyl (C=O) groups excluding carboxylic acids is 1. The molecule has 1 heterocycles. The molecule has 0 bridgehead atoms. The number of amides is 1. The molecular formula is C17H22N2O2S. The maximum atomic E-state index is 12.1. The van der Waals surface area contributed by atoms with Crippen LogP contribution in [0.4, 0.5) is 5.82 Å². The van der Waals surface area contributed by atoms with Crippen molar-refractivity contribution in [1.82, 2.24) is 5.16 Å². The highest BCUT2D eigenvalue weighted by atomic mass is 32.2. The van der Waals surface area contributed by atoms with Gasteiger partial charge in [-0.1, -0.05) is 43.3 Å². The fourth-order valence-electron chi connectivity index (χ4n) is 1.95. The summed E-state index contributed by atoms with van der Waals surface area (Å²) in [6.45, 7) is 8.06. The molecule has 0 spiro atoms. The Labute approximate surface area is 135 Å². The lowest BCUT2D eigenvalue weighted by Crippen LogP contribution is -2.22. The molecule has 2 aromatic rings. The summed E-state index contributed by atoms with van der Waals surface area (Å²) in [6, 6.07) is 10.3. The SMILES string of the molecule is Cc1cc(NC(=O)C(C)SCc2ccc(C(C)C)cc2)no1. The van der Waals surface area contributed by atoms with Crippen LogP contribution >= 0.6 is 11.8 Å². The van der Waals surface area contributed by atoms with Gasteiger partial charge < -0.3 is 9.84 Å². The second-order valence-corrected chi connectivity index (χ2v) is 6.99. The number of nitrogens with one attached hydrogen (secondary N) is 1. The molecule has 1 aromatic heterocycles. The van der Waals surface area contributed by atoms with Crippen molar-refractivity contribution >= 4 is 23.5 Å². The van der Waals surface area contributed by atoms with Crippen LogP contribution in [-0.2, 0) is 10.5 Å². The molecule has 4 nitrogen and oxygen atoms in total. The lowest BCUT2D eigenvalue weighted by atomic mass is 10.0. The molecule has 118 valence electrons. The van der Waals surface area contributed by atoms with Gasteiger partial charge in [0.25, 0.3) is 0 Å². The predicted molar refractivity (Wildman–Crippen MR) is 91.2 cm³/mol. The van der Waals surface area contributed by atoms with Crippen molar-refractivity contribution in [2.75, 3.05) is 5.32 Å². The number of aromatic nitrogens is 1. The van der Waals surface area contributed by atoms with Crippen LogP contribution in [0.5, 0.6) is 0 Å². The van der Waals surface area contributed by atoms with E-state index in [9.17, 15) is 4.79 Å². The minimum absolute atomic E-state index is 0.0582. The summed E-state index contributed by atoms with van der Waals surface area (Å²) in [5, 5.41) is 6.37. The van der Waals surface area contributed by atoms with Gasteiger partial charge >= 0.3 is 0 Å². The van der Waals surface area contributed by atoms with Crippen molar-refractivity contribution in [3.05, 3.63) is 47.2 Å². The lowest BCUT2D eigenvalue weighted by molar-refractivity contribution is -0.115. The number of anilines is 1. The fourth-order valence-corrected chi connectivity index (χ4v) is 2.79. The number of nitrogens with zero attached hydrogens (tertiary/aromatic N) is 1. The number of hydrogen-bond acceptors (Lipinski definition) is 4. The van der Waals surface area contributed by atoms with Gasteiger partial charge in [0.2, 0.25) is 5.91 Å². The largest absolute Gasteiger partial charge is 0.360 e. The normalized spacial score (nSPS) is 12.4. The third-order valence-corrected chi connectivity index (χ3v) is 4.61. The summed E-state index contributed by atoms with van der Waals surface area (Å²) in [5.41, 5.74) is 2.56. The summed E-state index contributed by atoms with van der Waals surface area (Å²) in [6.07, 6.45) is 0. The van der Waals surface area contributed by atoms with Crippen LogP contribution in [0, 0.1) is 6.92 Å². The molecule has 22 heavy (non-hydrogen) atoms. The average molecular weight is 318 g/mol. The second-order valence-electron chi connectivity index (χ2n) is 5.66. The Hall–Kier alpha value is -1.75. The molecule has 2 rings (SSSR count). The molecule has 1 amide bonds. The summed E-state index contributed by atoms with van der Waals surface area (Å²) >= 11 is 1.61. The van der Waals surface area contributed by atoms with E-state index in [0.29, 0.717) is 17.5 Å². The number of hydrogen-bond donors (Lipinski definition) is 1. The van der Waals surface area contributed by atoms with Gasteiger partial charge in [0.05, 0.1) is 5.25 Å². The summed E-state index contributed by atoms with van der Waals surface area (Å²) in [7, 11) is 0. The van der Waals surface area contributed by atoms with Crippen LogP contribution in [0.2, 0.25) is 0 Å². The Balaban J connectivity index is 1.83. The third kappa shape index (κ3) is 4.63. The molecule has 1 N–H and O–H groups in total. The average Bonchev–Trinajstić information content (AvgIpc) is 2.90. The van der Waals surface area contributed by atoms with E-state index in [4.69, 9.17) is 4.52 Å². The van der Waals surface area contributed by atoms with Gasteiger partial charge in [-0.2, -0.15) is 0 Å². The molecule has 0 saturated heterocycles. The Morgan fingerprint density at radius 3 is 2.50 bits per heavy atom. The third-order valence-electron chi connectivity index (χ3n) is 3.39. The van der Waals surface area contributed by atoms with Crippen molar-refractivity contribution < 1.29 is 9.32 Å². The van der Waals surface area contributed by atoms with Crippen LogP contribution in [0.3, 0.4) is 0 Å². The number of benzene rings is 1. The highest BCUT2D eigenvalue weighted by Crippen LogP contribution is 2.21. The molecule has 1 aromatic carbocycles. The first-order valence-electron chi connectivity index (χ1n) is 7.40. The van der Waals surface area contributed by atoms with Gasteiger partial charge in [0.1, 0.15) is 5.76 Å². The zero-order chi connectivity index (χ0) is 16.1. The summed E-state index contributed by atoms with van der Waals surface area (Å²) < 4.78 is 4.93. The molecule has 5 heteroatoms. The maximum Gasteiger partial charge on any atom is 0.238 e. The Bertz CT molecular complexity index is 620. The predicted octanol–water partition coefficient (Wildman–Crippen LogP) is 4.37. The quantitative estimate of drug-likeness (QED) is 0.859. The van der Waals surface area contributed by atoms with E-state index in [0.717, 1.165) is 5.75 Å². The molecule has 0 saturated carbocycles. The Kier molecular flexibility index (Phi) is 5.66. The van der Waals surface area contributed by atoms with Gasteiger partial charge in [0, 0.05) is 11.8 Å². The number of rotatable bonds is 6. The topological polar surface area (TPSA) is 55.1 Å². The minimum atomic E-state index is -0.151. The van der Waals surface area contributed by atoms with E-state index >= 15 is 0 Å².